The van der Waals surface area contributed by atoms with Gasteiger partial charge in [-0.2, -0.15) is 0 Å². The van der Waals surface area contributed by atoms with Gasteiger partial charge in [-0.3, -0.25) is 10.1 Å². The molecular weight excluding hydrogens is 380 g/mol. The summed E-state index contributed by atoms with van der Waals surface area (Å²) >= 11 is 1.29. The van der Waals surface area contributed by atoms with Crippen LogP contribution in [0.3, 0.4) is 0 Å². The van der Waals surface area contributed by atoms with Crippen molar-refractivity contribution >= 4 is 34.4 Å². The molecule has 0 radical (unpaired) electrons. The lowest BCUT2D eigenvalue weighted by Crippen LogP contribution is -2.29. The zero-order chi connectivity index (χ0) is 19.9. The number of furan rings is 1. The third-order valence-corrected chi connectivity index (χ3v) is 4.47. The fourth-order valence-electron chi connectivity index (χ4n) is 2.24. The van der Waals surface area contributed by atoms with Gasteiger partial charge in [0.25, 0.3) is 5.91 Å². The number of thiazole rings is 1. The molecule has 0 aliphatic carbocycles. The van der Waals surface area contributed by atoms with E-state index in [1.807, 2.05) is 29.6 Å². The Labute approximate surface area is 165 Å². The number of ether oxygens (including phenoxy) is 2. The Morgan fingerprint density at radius 1 is 1.25 bits per heavy atom. The van der Waals surface area contributed by atoms with E-state index in [1.165, 1.54) is 36.7 Å². The van der Waals surface area contributed by atoms with Gasteiger partial charge in [-0.1, -0.05) is 0 Å². The molecule has 3 rings (SSSR count). The Bertz CT molecular complexity index is 961. The Morgan fingerprint density at radius 3 is 2.71 bits per heavy atom. The number of carbonyl (C=O) groups excluding carboxylic acids is 2. The predicted octanol–water partition coefficient (Wildman–Crippen LogP) is 4.00. The molecule has 7 nitrogen and oxygen atoms in total. The third kappa shape index (κ3) is 5.08. The van der Waals surface area contributed by atoms with Crippen LogP contribution in [0.4, 0.5) is 5.13 Å². The van der Waals surface area contributed by atoms with E-state index in [0.717, 1.165) is 17.0 Å². The molecule has 144 valence electrons. The van der Waals surface area contributed by atoms with E-state index in [1.54, 1.807) is 19.2 Å². The second-order valence-corrected chi connectivity index (χ2v) is 6.54. The second-order valence-electron chi connectivity index (χ2n) is 5.68. The predicted molar refractivity (Wildman–Crippen MR) is 106 cm³/mol. The topological polar surface area (TPSA) is 90.7 Å². The van der Waals surface area contributed by atoms with E-state index >= 15 is 0 Å². The number of nitrogens with zero attached hydrogens (tertiary/aromatic N) is 1. The van der Waals surface area contributed by atoms with Gasteiger partial charge < -0.3 is 13.9 Å². The standard InChI is InChI=1S/C20H18N2O5S/c1-13(27-18(23)10-9-16-4-3-11-26-16)19(24)22-20-21-17(12-28-20)14-5-7-15(25-2)8-6-14/h3-13H,1-2H3,(H,21,22,24)/b10-9+. The van der Waals surface area contributed by atoms with Gasteiger partial charge >= 0.3 is 5.97 Å². The zero-order valence-electron chi connectivity index (χ0n) is 15.2. The maximum absolute atomic E-state index is 12.2. The number of nitrogens with one attached hydrogen (secondary N) is 1. The van der Waals surface area contributed by atoms with Crippen LogP contribution >= 0.6 is 11.3 Å². The SMILES string of the molecule is COc1ccc(-c2csc(NC(=O)C(C)OC(=O)/C=C/c3ccco3)n2)cc1. The second kappa shape index (κ2) is 9.01. The van der Waals surface area contributed by atoms with Crippen LogP contribution in [0.2, 0.25) is 0 Å². The molecule has 0 aliphatic rings. The molecule has 1 aromatic carbocycles. The number of carbonyl (C=O) groups is 2. The van der Waals surface area contributed by atoms with Crippen LogP contribution in [0.25, 0.3) is 17.3 Å². The average molecular weight is 398 g/mol. The monoisotopic (exact) mass is 398 g/mol. The number of benzene rings is 1. The first-order valence-corrected chi connectivity index (χ1v) is 9.26. The van der Waals surface area contributed by atoms with E-state index in [2.05, 4.69) is 10.3 Å². The molecule has 2 heterocycles. The van der Waals surface area contributed by atoms with Crippen LogP contribution in [0.1, 0.15) is 12.7 Å². The highest BCUT2D eigenvalue weighted by Gasteiger charge is 2.18. The number of hydrogen-bond acceptors (Lipinski definition) is 7. The summed E-state index contributed by atoms with van der Waals surface area (Å²) in [5.74, 6) is 0.166. The van der Waals surface area contributed by atoms with Gasteiger partial charge in [0.2, 0.25) is 0 Å². The van der Waals surface area contributed by atoms with Gasteiger partial charge in [-0.05, 0) is 49.4 Å². The van der Waals surface area contributed by atoms with Crippen LogP contribution in [0.5, 0.6) is 5.75 Å². The first kappa shape index (κ1) is 19.4. The van der Waals surface area contributed by atoms with Gasteiger partial charge in [0.05, 0.1) is 19.1 Å². The molecule has 0 saturated heterocycles. The lowest BCUT2D eigenvalue weighted by atomic mass is 10.2. The molecule has 0 bridgehead atoms. The maximum atomic E-state index is 12.2. The lowest BCUT2D eigenvalue weighted by Gasteiger charge is -2.10. The highest BCUT2D eigenvalue weighted by molar-refractivity contribution is 7.14. The minimum absolute atomic E-state index is 0.421. The van der Waals surface area contributed by atoms with Crippen molar-refractivity contribution in [2.75, 3.05) is 12.4 Å². The molecule has 1 unspecified atom stereocenters. The fourth-order valence-corrected chi connectivity index (χ4v) is 2.96. The summed E-state index contributed by atoms with van der Waals surface area (Å²) in [6.07, 6.45) is 3.19. The minimum Gasteiger partial charge on any atom is -0.497 e. The molecule has 28 heavy (non-hydrogen) atoms. The first-order valence-electron chi connectivity index (χ1n) is 8.38. The van der Waals surface area contributed by atoms with E-state index in [-0.39, 0.29) is 0 Å². The Balaban J connectivity index is 1.55. The van der Waals surface area contributed by atoms with Gasteiger partial charge in [0.1, 0.15) is 11.5 Å². The molecule has 0 fully saturated rings. The number of esters is 1. The van der Waals surface area contributed by atoms with Gasteiger partial charge in [0, 0.05) is 17.0 Å². The lowest BCUT2D eigenvalue weighted by molar-refractivity contribution is -0.148. The number of aromatic nitrogens is 1. The maximum Gasteiger partial charge on any atom is 0.331 e. The van der Waals surface area contributed by atoms with Crippen molar-refractivity contribution in [1.82, 2.24) is 4.98 Å². The molecule has 1 N–H and O–H groups in total. The van der Waals surface area contributed by atoms with Crippen molar-refractivity contribution in [3.63, 3.8) is 0 Å². The van der Waals surface area contributed by atoms with Crippen LogP contribution < -0.4 is 10.1 Å². The number of amides is 1. The molecule has 0 spiro atoms. The number of hydrogen-bond donors (Lipinski definition) is 1. The highest BCUT2D eigenvalue weighted by Crippen LogP contribution is 2.26. The normalized spacial score (nSPS) is 11.9. The van der Waals surface area contributed by atoms with Crippen molar-refractivity contribution < 1.29 is 23.5 Å². The number of anilines is 1. The van der Waals surface area contributed by atoms with Crippen LogP contribution in [0.15, 0.2) is 58.5 Å². The molecular formula is C20H18N2O5S. The Kier molecular flexibility index (Phi) is 6.23. The minimum atomic E-state index is -0.970. The summed E-state index contributed by atoms with van der Waals surface area (Å²) in [7, 11) is 1.60. The molecule has 0 aliphatic heterocycles. The fraction of sp³-hybridized carbons (Fsp3) is 0.150. The van der Waals surface area contributed by atoms with Gasteiger partial charge in [-0.15, -0.1) is 11.3 Å². The molecule has 3 aromatic rings. The summed E-state index contributed by atoms with van der Waals surface area (Å²) in [6, 6.07) is 10.8. The van der Waals surface area contributed by atoms with Crippen LogP contribution in [-0.4, -0.2) is 30.1 Å². The molecule has 1 atom stereocenters. The van der Waals surface area contributed by atoms with E-state index in [9.17, 15) is 9.59 Å². The van der Waals surface area contributed by atoms with E-state index in [4.69, 9.17) is 13.9 Å². The van der Waals surface area contributed by atoms with Gasteiger partial charge in [-0.25, -0.2) is 9.78 Å². The zero-order valence-corrected chi connectivity index (χ0v) is 16.1. The Hall–Kier alpha value is -3.39. The summed E-state index contributed by atoms with van der Waals surface area (Å²) in [5.41, 5.74) is 1.63. The van der Waals surface area contributed by atoms with Crippen molar-refractivity contribution in [2.24, 2.45) is 0 Å². The number of rotatable bonds is 7. The summed E-state index contributed by atoms with van der Waals surface area (Å²) in [6.45, 7) is 1.49. The first-order chi connectivity index (χ1) is 13.5. The summed E-state index contributed by atoms with van der Waals surface area (Å²) in [5, 5.41) is 4.91. The largest absolute Gasteiger partial charge is 0.497 e. The third-order valence-electron chi connectivity index (χ3n) is 3.71. The molecule has 2 aromatic heterocycles. The Morgan fingerprint density at radius 2 is 2.04 bits per heavy atom. The smallest absolute Gasteiger partial charge is 0.331 e. The van der Waals surface area contributed by atoms with Gasteiger partial charge in [0.15, 0.2) is 11.2 Å². The van der Waals surface area contributed by atoms with Crippen molar-refractivity contribution in [1.29, 1.82) is 0 Å². The van der Waals surface area contributed by atoms with Crippen molar-refractivity contribution in [3.8, 4) is 17.0 Å². The summed E-state index contributed by atoms with van der Waals surface area (Å²) < 4.78 is 15.3. The van der Waals surface area contributed by atoms with Crippen LogP contribution in [0, 0.1) is 0 Å². The van der Waals surface area contributed by atoms with Crippen molar-refractivity contribution in [3.05, 3.63) is 59.9 Å². The quantitative estimate of drug-likeness (QED) is 0.478. The van der Waals surface area contributed by atoms with Crippen LogP contribution in [-0.2, 0) is 14.3 Å². The average Bonchev–Trinajstić information content (AvgIpc) is 3.38. The molecule has 1 amide bonds. The number of methoxy groups -OCH3 is 1. The highest BCUT2D eigenvalue weighted by atomic mass is 32.1. The van der Waals surface area contributed by atoms with E-state index in [0.29, 0.717) is 10.9 Å². The summed E-state index contributed by atoms with van der Waals surface area (Å²) in [4.78, 5) is 28.4. The van der Waals surface area contributed by atoms with E-state index < -0.39 is 18.0 Å². The molecule has 0 saturated carbocycles. The molecule has 8 heteroatoms. The van der Waals surface area contributed by atoms with Crippen molar-refractivity contribution in [2.45, 2.75) is 13.0 Å².